The van der Waals surface area contributed by atoms with E-state index in [1.807, 2.05) is 6.07 Å². The van der Waals surface area contributed by atoms with Gasteiger partial charge < -0.3 is 5.32 Å². The highest BCUT2D eigenvalue weighted by Crippen LogP contribution is 2.26. The number of nitrogens with one attached hydrogen (secondary N) is 1. The van der Waals surface area contributed by atoms with E-state index in [-0.39, 0.29) is 11.9 Å². The molecule has 22 heavy (non-hydrogen) atoms. The fourth-order valence-electron chi connectivity index (χ4n) is 2.88. The van der Waals surface area contributed by atoms with E-state index >= 15 is 0 Å². The van der Waals surface area contributed by atoms with Gasteiger partial charge in [0, 0.05) is 4.88 Å². The monoisotopic (exact) mass is 314 g/mol. The standard InChI is InChI=1S/C18H22N2OS/c1-14-6-8-15(9-7-14)18(16-5-4-12-22-16)19-17(21)13-20-10-2-3-11-20/h4-9,12,18H,2-3,10-11,13H2,1H3,(H,19,21). The topological polar surface area (TPSA) is 32.3 Å². The Kier molecular flexibility index (Phi) is 4.90. The lowest BCUT2D eigenvalue weighted by molar-refractivity contribution is -0.122. The molecule has 1 fully saturated rings. The minimum Gasteiger partial charge on any atom is -0.343 e. The van der Waals surface area contributed by atoms with Crippen LogP contribution in [0.25, 0.3) is 0 Å². The zero-order valence-corrected chi connectivity index (χ0v) is 13.7. The molecular formula is C18H22N2OS. The van der Waals surface area contributed by atoms with Crippen LogP contribution in [0.15, 0.2) is 41.8 Å². The summed E-state index contributed by atoms with van der Waals surface area (Å²) in [4.78, 5) is 15.8. The maximum absolute atomic E-state index is 12.4. The summed E-state index contributed by atoms with van der Waals surface area (Å²) in [6.07, 6.45) is 2.42. The van der Waals surface area contributed by atoms with Crippen molar-refractivity contribution in [2.24, 2.45) is 0 Å². The molecule has 4 heteroatoms. The van der Waals surface area contributed by atoms with E-state index in [9.17, 15) is 4.79 Å². The van der Waals surface area contributed by atoms with Crippen LogP contribution in [0.2, 0.25) is 0 Å². The summed E-state index contributed by atoms with van der Waals surface area (Å²) >= 11 is 1.69. The minimum atomic E-state index is -0.0456. The van der Waals surface area contributed by atoms with E-state index < -0.39 is 0 Å². The Morgan fingerprint density at radius 2 is 1.95 bits per heavy atom. The van der Waals surface area contributed by atoms with Crippen LogP contribution in [-0.4, -0.2) is 30.4 Å². The molecule has 1 amide bonds. The molecule has 0 saturated carbocycles. The van der Waals surface area contributed by atoms with Crippen molar-refractivity contribution in [3.8, 4) is 0 Å². The lowest BCUT2D eigenvalue weighted by atomic mass is 10.0. The number of benzene rings is 1. The predicted molar refractivity (Wildman–Crippen MR) is 91.2 cm³/mol. The fraction of sp³-hybridized carbons (Fsp3) is 0.389. The predicted octanol–water partition coefficient (Wildman–Crippen LogP) is 3.36. The largest absolute Gasteiger partial charge is 0.343 e. The molecule has 1 atom stereocenters. The third-order valence-corrected chi connectivity index (χ3v) is 5.05. The molecule has 2 heterocycles. The van der Waals surface area contributed by atoms with E-state index in [4.69, 9.17) is 0 Å². The van der Waals surface area contributed by atoms with Gasteiger partial charge in [0.05, 0.1) is 12.6 Å². The summed E-state index contributed by atoms with van der Waals surface area (Å²) in [5.41, 5.74) is 2.37. The summed E-state index contributed by atoms with van der Waals surface area (Å²) in [7, 11) is 0. The first kappa shape index (κ1) is 15.3. The van der Waals surface area contributed by atoms with Crippen LogP contribution in [-0.2, 0) is 4.79 Å². The molecule has 0 spiro atoms. The van der Waals surface area contributed by atoms with Gasteiger partial charge in [0.2, 0.25) is 5.91 Å². The molecule has 2 aromatic rings. The third kappa shape index (κ3) is 3.76. The van der Waals surface area contributed by atoms with Crippen molar-refractivity contribution in [3.05, 3.63) is 57.8 Å². The van der Waals surface area contributed by atoms with Crippen LogP contribution in [0.5, 0.6) is 0 Å². The van der Waals surface area contributed by atoms with Gasteiger partial charge in [0.1, 0.15) is 0 Å². The van der Waals surface area contributed by atoms with Crippen molar-refractivity contribution in [2.45, 2.75) is 25.8 Å². The molecule has 1 aromatic carbocycles. The molecule has 1 N–H and O–H groups in total. The van der Waals surface area contributed by atoms with Crippen molar-refractivity contribution in [1.29, 1.82) is 0 Å². The van der Waals surface area contributed by atoms with Crippen LogP contribution >= 0.6 is 11.3 Å². The van der Waals surface area contributed by atoms with Crippen LogP contribution in [0, 0.1) is 6.92 Å². The van der Waals surface area contributed by atoms with Crippen LogP contribution < -0.4 is 5.32 Å². The van der Waals surface area contributed by atoms with Gasteiger partial charge >= 0.3 is 0 Å². The summed E-state index contributed by atoms with van der Waals surface area (Å²) < 4.78 is 0. The van der Waals surface area contributed by atoms with E-state index in [1.165, 1.54) is 23.3 Å². The molecule has 1 aliphatic rings. The van der Waals surface area contributed by atoms with Gasteiger partial charge in [-0.2, -0.15) is 0 Å². The Balaban J connectivity index is 1.74. The molecule has 3 nitrogen and oxygen atoms in total. The van der Waals surface area contributed by atoms with E-state index in [0.29, 0.717) is 6.54 Å². The lowest BCUT2D eigenvalue weighted by Crippen LogP contribution is -2.37. The van der Waals surface area contributed by atoms with Gasteiger partial charge in [-0.25, -0.2) is 0 Å². The van der Waals surface area contributed by atoms with Crippen LogP contribution in [0.1, 0.15) is 34.9 Å². The zero-order valence-electron chi connectivity index (χ0n) is 12.9. The average Bonchev–Trinajstić information content (AvgIpc) is 3.19. The van der Waals surface area contributed by atoms with Gasteiger partial charge in [0.25, 0.3) is 0 Å². The fourth-order valence-corrected chi connectivity index (χ4v) is 3.69. The molecular weight excluding hydrogens is 292 g/mol. The Hall–Kier alpha value is -1.65. The molecule has 0 aliphatic carbocycles. The van der Waals surface area contributed by atoms with E-state index in [0.717, 1.165) is 18.7 Å². The first-order chi connectivity index (χ1) is 10.7. The number of hydrogen-bond donors (Lipinski definition) is 1. The van der Waals surface area contributed by atoms with Gasteiger partial charge in [0.15, 0.2) is 0 Å². The smallest absolute Gasteiger partial charge is 0.234 e. The number of likely N-dealkylation sites (tertiary alicyclic amines) is 1. The van der Waals surface area contributed by atoms with Gasteiger partial charge in [-0.15, -0.1) is 11.3 Å². The molecule has 1 saturated heterocycles. The summed E-state index contributed by atoms with van der Waals surface area (Å²) in [6.45, 7) is 4.67. The zero-order chi connectivity index (χ0) is 15.4. The Labute approximate surface area is 136 Å². The average molecular weight is 314 g/mol. The number of nitrogens with zero attached hydrogens (tertiary/aromatic N) is 1. The number of thiophene rings is 1. The normalized spacial score (nSPS) is 16.6. The first-order valence-corrected chi connectivity index (χ1v) is 8.72. The number of carbonyl (C=O) groups excluding carboxylic acids is 1. The first-order valence-electron chi connectivity index (χ1n) is 7.84. The maximum atomic E-state index is 12.4. The second-order valence-corrected chi connectivity index (χ2v) is 6.89. The second kappa shape index (κ2) is 7.07. The SMILES string of the molecule is Cc1ccc(C(NC(=O)CN2CCCC2)c2cccs2)cc1. The van der Waals surface area contributed by atoms with Crippen molar-refractivity contribution < 1.29 is 4.79 Å². The second-order valence-electron chi connectivity index (χ2n) is 5.91. The van der Waals surface area contributed by atoms with Crippen molar-refractivity contribution >= 4 is 17.2 Å². The molecule has 3 rings (SSSR count). The molecule has 1 aliphatic heterocycles. The molecule has 0 bridgehead atoms. The Bertz CT molecular complexity index is 601. The maximum Gasteiger partial charge on any atom is 0.234 e. The number of carbonyl (C=O) groups is 1. The van der Waals surface area contributed by atoms with E-state index in [1.54, 1.807) is 11.3 Å². The quantitative estimate of drug-likeness (QED) is 0.918. The number of hydrogen-bond acceptors (Lipinski definition) is 3. The van der Waals surface area contributed by atoms with Gasteiger partial charge in [-0.05, 0) is 49.9 Å². The highest BCUT2D eigenvalue weighted by molar-refractivity contribution is 7.10. The van der Waals surface area contributed by atoms with Crippen molar-refractivity contribution in [2.75, 3.05) is 19.6 Å². The highest BCUT2D eigenvalue weighted by Gasteiger charge is 2.20. The van der Waals surface area contributed by atoms with Crippen molar-refractivity contribution in [3.63, 3.8) is 0 Å². The van der Waals surface area contributed by atoms with Gasteiger partial charge in [-0.3, -0.25) is 9.69 Å². The third-order valence-electron chi connectivity index (χ3n) is 4.11. The Morgan fingerprint density at radius 3 is 2.59 bits per heavy atom. The summed E-state index contributed by atoms with van der Waals surface area (Å²) in [5.74, 6) is 0.112. The van der Waals surface area contributed by atoms with Crippen LogP contribution in [0.3, 0.4) is 0 Å². The summed E-state index contributed by atoms with van der Waals surface area (Å²) in [6, 6.07) is 12.5. The minimum absolute atomic E-state index is 0.0456. The molecule has 116 valence electrons. The van der Waals surface area contributed by atoms with Crippen LogP contribution in [0.4, 0.5) is 0 Å². The molecule has 1 aromatic heterocycles. The van der Waals surface area contributed by atoms with E-state index in [2.05, 4.69) is 52.9 Å². The summed E-state index contributed by atoms with van der Waals surface area (Å²) in [5, 5.41) is 5.27. The lowest BCUT2D eigenvalue weighted by Gasteiger charge is -2.21. The number of aryl methyl sites for hydroxylation is 1. The molecule has 1 unspecified atom stereocenters. The Morgan fingerprint density at radius 1 is 1.23 bits per heavy atom. The molecule has 0 radical (unpaired) electrons. The van der Waals surface area contributed by atoms with Crippen molar-refractivity contribution in [1.82, 2.24) is 10.2 Å². The highest BCUT2D eigenvalue weighted by atomic mass is 32.1. The number of rotatable bonds is 5. The van der Waals surface area contributed by atoms with Gasteiger partial charge in [-0.1, -0.05) is 35.9 Å². The number of amides is 1.